The number of benzene rings is 1. The van der Waals surface area contributed by atoms with E-state index in [1.165, 1.54) is 11.1 Å². The highest BCUT2D eigenvalue weighted by molar-refractivity contribution is 7.98. The zero-order chi connectivity index (χ0) is 15.1. The number of hydrogen-bond acceptors (Lipinski definition) is 4. The third kappa shape index (κ3) is 4.74. The lowest BCUT2D eigenvalue weighted by atomic mass is 10.1. The van der Waals surface area contributed by atoms with Crippen LogP contribution in [0.5, 0.6) is 0 Å². The molecule has 0 aliphatic rings. The summed E-state index contributed by atoms with van der Waals surface area (Å²) in [5.74, 6) is 2.79. The Hall–Kier alpha value is -1.55. The third-order valence-corrected chi connectivity index (χ3v) is 4.22. The molecular formula is C17H23N3S. The fourth-order valence-corrected chi connectivity index (χ4v) is 2.96. The highest BCUT2D eigenvalue weighted by Gasteiger charge is 2.05. The summed E-state index contributed by atoms with van der Waals surface area (Å²) < 4.78 is 0. The lowest BCUT2D eigenvalue weighted by molar-refractivity contribution is 0.877. The topological polar surface area (TPSA) is 37.8 Å². The molecule has 2 aromatic rings. The number of anilines is 1. The van der Waals surface area contributed by atoms with E-state index in [0.29, 0.717) is 0 Å². The summed E-state index contributed by atoms with van der Waals surface area (Å²) in [6, 6.07) is 10.6. The Balaban J connectivity index is 2.09. The summed E-state index contributed by atoms with van der Waals surface area (Å²) in [5.41, 5.74) is 2.70. The molecule has 0 fully saturated rings. The predicted molar refractivity (Wildman–Crippen MR) is 90.9 cm³/mol. The minimum Gasteiger partial charge on any atom is -0.370 e. The van der Waals surface area contributed by atoms with Crippen LogP contribution in [0.25, 0.3) is 0 Å². The number of nitrogens with zero attached hydrogens (tertiary/aromatic N) is 2. The molecule has 0 bridgehead atoms. The summed E-state index contributed by atoms with van der Waals surface area (Å²) in [6.45, 7) is 7.35. The number of aromatic nitrogens is 2. The van der Waals surface area contributed by atoms with Gasteiger partial charge in [0.1, 0.15) is 16.7 Å². The SMILES string of the molecule is CCCNc1cc(SCc2ccccc2C)nc(CC)n1. The van der Waals surface area contributed by atoms with Gasteiger partial charge < -0.3 is 5.32 Å². The maximum atomic E-state index is 4.62. The second-order valence-electron chi connectivity index (χ2n) is 5.00. The van der Waals surface area contributed by atoms with Gasteiger partial charge in [0.05, 0.1) is 0 Å². The molecule has 2 rings (SSSR count). The quantitative estimate of drug-likeness (QED) is 0.605. The van der Waals surface area contributed by atoms with Gasteiger partial charge >= 0.3 is 0 Å². The van der Waals surface area contributed by atoms with E-state index in [4.69, 9.17) is 0 Å². The van der Waals surface area contributed by atoms with Crippen molar-refractivity contribution < 1.29 is 0 Å². The standard InChI is InChI=1S/C17H23N3S/c1-4-10-18-16-11-17(20-15(5-2)19-16)21-12-14-9-7-6-8-13(14)3/h6-9,11H,4-5,10,12H2,1-3H3,(H,18,19,20). The van der Waals surface area contributed by atoms with Gasteiger partial charge in [-0.15, -0.1) is 11.8 Å². The van der Waals surface area contributed by atoms with Crippen LogP contribution in [0.2, 0.25) is 0 Å². The van der Waals surface area contributed by atoms with Crippen molar-refractivity contribution in [1.82, 2.24) is 9.97 Å². The molecule has 21 heavy (non-hydrogen) atoms. The summed E-state index contributed by atoms with van der Waals surface area (Å²) in [5, 5.41) is 4.40. The molecule has 1 aromatic carbocycles. The molecule has 0 amide bonds. The second kappa shape index (κ2) is 8.03. The molecule has 0 spiro atoms. The van der Waals surface area contributed by atoms with Crippen LogP contribution in [0, 0.1) is 6.92 Å². The molecular weight excluding hydrogens is 278 g/mol. The minimum atomic E-state index is 0.861. The Morgan fingerprint density at radius 2 is 1.95 bits per heavy atom. The van der Waals surface area contributed by atoms with E-state index in [1.807, 2.05) is 0 Å². The lowest BCUT2D eigenvalue weighted by Gasteiger charge is -2.09. The predicted octanol–water partition coefficient (Wildman–Crippen LogP) is 4.46. The van der Waals surface area contributed by atoms with E-state index in [-0.39, 0.29) is 0 Å². The van der Waals surface area contributed by atoms with Crippen molar-refractivity contribution in [2.75, 3.05) is 11.9 Å². The van der Waals surface area contributed by atoms with Crippen molar-refractivity contribution in [2.24, 2.45) is 0 Å². The van der Waals surface area contributed by atoms with Crippen LogP contribution in [0.1, 0.15) is 37.2 Å². The molecule has 1 N–H and O–H groups in total. The summed E-state index contributed by atoms with van der Waals surface area (Å²) >= 11 is 1.77. The molecule has 3 nitrogen and oxygen atoms in total. The summed E-state index contributed by atoms with van der Waals surface area (Å²) in [7, 11) is 0. The van der Waals surface area contributed by atoms with Gasteiger partial charge in [0.25, 0.3) is 0 Å². The molecule has 0 saturated carbocycles. The number of aryl methyl sites for hydroxylation is 2. The van der Waals surface area contributed by atoms with Crippen LogP contribution >= 0.6 is 11.8 Å². The van der Waals surface area contributed by atoms with Gasteiger partial charge in [0.15, 0.2) is 0 Å². The molecule has 112 valence electrons. The minimum absolute atomic E-state index is 0.861. The van der Waals surface area contributed by atoms with Crippen LogP contribution in [0.3, 0.4) is 0 Å². The van der Waals surface area contributed by atoms with E-state index in [2.05, 4.69) is 66.4 Å². The highest BCUT2D eigenvalue weighted by atomic mass is 32.2. The monoisotopic (exact) mass is 301 g/mol. The number of rotatable bonds is 7. The van der Waals surface area contributed by atoms with E-state index in [1.54, 1.807) is 11.8 Å². The van der Waals surface area contributed by atoms with Crippen molar-refractivity contribution in [3.05, 3.63) is 47.3 Å². The van der Waals surface area contributed by atoms with Crippen LogP contribution in [-0.2, 0) is 12.2 Å². The maximum absolute atomic E-state index is 4.62. The van der Waals surface area contributed by atoms with Crippen molar-refractivity contribution >= 4 is 17.6 Å². The van der Waals surface area contributed by atoms with Crippen molar-refractivity contribution in [3.63, 3.8) is 0 Å². The van der Waals surface area contributed by atoms with Gasteiger partial charge in [-0.3, -0.25) is 0 Å². The second-order valence-corrected chi connectivity index (χ2v) is 6.00. The first-order valence-corrected chi connectivity index (χ1v) is 8.50. The normalized spacial score (nSPS) is 10.6. The largest absolute Gasteiger partial charge is 0.370 e. The van der Waals surface area contributed by atoms with Gasteiger partial charge in [0.2, 0.25) is 0 Å². The van der Waals surface area contributed by atoms with E-state index in [0.717, 1.165) is 41.8 Å². The Kier molecular flexibility index (Phi) is 6.05. The molecule has 0 aliphatic heterocycles. The van der Waals surface area contributed by atoms with Gasteiger partial charge in [-0.1, -0.05) is 38.1 Å². The molecule has 4 heteroatoms. The van der Waals surface area contributed by atoms with Crippen molar-refractivity contribution in [2.45, 2.75) is 44.4 Å². The fraction of sp³-hybridized carbons (Fsp3) is 0.412. The third-order valence-electron chi connectivity index (χ3n) is 3.26. The van der Waals surface area contributed by atoms with E-state index < -0.39 is 0 Å². The zero-order valence-electron chi connectivity index (χ0n) is 13.0. The fourth-order valence-electron chi connectivity index (χ4n) is 1.97. The summed E-state index contributed by atoms with van der Waals surface area (Å²) in [4.78, 5) is 9.14. The van der Waals surface area contributed by atoms with Gasteiger partial charge in [-0.25, -0.2) is 9.97 Å². The lowest BCUT2D eigenvalue weighted by Crippen LogP contribution is -2.05. The molecule has 0 radical (unpaired) electrons. The average Bonchev–Trinajstić information content (AvgIpc) is 2.52. The Bertz CT molecular complexity index is 584. The van der Waals surface area contributed by atoms with Crippen LogP contribution in [-0.4, -0.2) is 16.5 Å². The first kappa shape index (κ1) is 15.8. The maximum Gasteiger partial charge on any atom is 0.131 e. The van der Waals surface area contributed by atoms with E-state index >= 15 is 0 Å². The van der Waals surface area contributed by atoms with Crippen molar-refractivity contribution in [3.8, 4) is 0 Å². The van der Waals surface area contributed by atoms with Crippen molar-refractivity contribution in [1.29, 1.82) is 0 Å². The van der Waals surface area contributed by atoms with Gasteiger partial charge in [-0.2, -0.15) is 0 Å². The molecule has 0 aliphatic carbocycles. The molecule has 0 atom stereocenters. The average molecular weight is 301 g/mol. The van der Waals surface area contributed by atoms with Gasteiger partial charge in [0, 0.05) is 24.8 Å². The van der Waals surface area contributed by atoms with E-state index in [9.17, 15) is 0 Å². The smallest absolute Gasteiger partial charge is 0.131 e. The Labute approximate surface area is 131 Å². The van der Waals surface area contributed by atoms with Crippen LogP contribution in [0.4, 0.5) is 5.82 Å². The molecule has 0 unspecified atom stereocenters. The van der Waals surface area contributed by atoms with Crippen LogP contribution in [0.15, 0.2) is 35.4 Å². The van der Waals surface area contributed by atoms with Crippen LogP contribution < -0.4 is 5.32 Å². The first-order valence-electron chi connectivity index (χ1n) is 7.52. The highest BCUT2D eigenvalue weighted by Crippen LogP contribution is 2.24. The zero-order valence-corrected chi connectivity index (χ0v) is 13.8. The molecule has 0 saturated heterocycles. The summed E-state index contributed by atoms with van der Waals surface area (Å²) in [6.07, 6.45) is 1.96. The number of hydrogen-bond donors (Lipinski definition) is 1. The first-order chi connectivity index (χ1) is 10.2. The number of thioether (sulfide) groups is 1. The molecule has 1 aromatic heterocycles. The Morgan fingerprint density at radius 3 is 2.67 bits per heavy atom. The molecule has 1 heterocycles. The number of nitrogens with one attached hydrogen (secondary N) is 1. The Morgan fingerprint density at radius 1 is 1.14 bits per heavy atom. The van der Waals surface area contributed by atoms with Gasteiger partial charge in [-0.05, 0) is 24.5 Å².